The Balaban J connectivity index is 1.69. The highest BCUT2D eigenvalue weighted by atomic mass is 35.5. The Hall–Kier alpha value is -0.650. The van der Waals surface area contributed by atoms with Crippen molar-refractivity contribution in [1.82, 2.24) is 5.32 Å². The lowest BCUT2D eigenvalue weighted by Crippen LogP contribution is -2.37. The summed E-state index contributed by atoms with van der Waals surface area (Å²) in [7, 11) is 0. The Bertz CT molecular complexity index is 464. The molecule has 0 aromatic heterocycles. The van der Waals surface area contributed by atoms with E-state index >= 15 is 0 Å². The first-order chi connectivity index (χ1) is 9.15. The third-order valence-corrected chi connectivity index (χ3v) is 4.96. The predicted octanol–water partition coefficient (Wildman–Crippen LogP) is 2.97. The van der Waals surface area contributed by atoms with Crippen molar-refractivity contribution in [2.45, 2.75) is 23.8 Å². The van der Waals surface area contributed by atoms with Crippen molar-refractivity contribution in [3.63, 3.8) is 0 Å². The zero-order valence-corrected chi connectivity index (χ0v) is 12.6. The number of carbonyl (C=O) groups is 2. The van der Waals surface area contributed by atoms with Crippen LogP contribution in [-0.2, 0) is 9.59 Å². The summed E-state index contributed by atoms with van der Waals surface area (Å²) in [4.78, 5) is 24.1. The third-order valence-electron chi connectivity index (χ3n) is 2.68. The molecule has 0 bridgehead atoms. The average Bonchev–Trinajstić information content (AvgIpc) is 2.78. The number of thioether (sulfide) groups is 2. The lowest BCUT2D eigenvalue weighted by Gasteiger charge is -2.09. The molecule has 1 atom stereocenters. The van der Waals surface area contributed by atoms with Crippen LogP contribution in [0.5, 0.6) is 0 Å². The van der Waals surface area contributed by atoms with Gasteiger partial charge in [0.05, 0.1) is 6.04 Å². The summed E-state index contributed by atoms with van der Waals surface area (Å²) in [5.41, 5.74) is 0. The fourth-order valence-electron chi connectivity index (χ4n) is 1.69. The maximum absolute atomic E-state index is 11.7. The molecule has 1 heterocycles. The molecule has 1 amide bonds. The van der Waals surface area contributed by atoms with Gasteiger partial charge in [0, 0.05) is 27.8 Å². The van der Waals surface area contributed by atoms with E-state index in [9.17, 15) is 9.59 Å². The van der Waals surface area contributed by atoms with Gasteiger partial charge in [0.15, 0.2) is 0 Å². The first-order valence-corrected chi connectivity index (χ1v) is 8.34. The van der Waals surface area contributed by atoms with Gasteiger partial charge in [-0.2, -0.15) is 0 Å². The van der Waals surface area contributed by atoms with Gasteiger partial charge >= 0.3 is 0 Å². The fourth-order valence-corrected chi connectivity index (χ4v) is 3.60. The van der Waals surface area contributed by atoms with Crippen LogP contribution in [0.1, 0.15) is 12.8 Å². The van der Waals surface area contributed by atoms with Crippen LogP contribution in [0.2, 0.25) is 5.02 Å². The van der Waals surface area contributed by atoms with Gasteiger partial charge in [-0.05, 0) is 30.7 Å². The van der Waals surface area contributed by atoms with Crippen LogP contribution < -0.4 is 5.32 Å². The minimum absolute atomic E-state index is 0.0534. The summed E-state index contributed by atoms with van der Waals surface area (Å²) in [6.45, 7) is 0. The number of halogens is 1. The van der Waals surface area contributed by atoms with E-state index < -0.39 is 0 Å². The molecule has 1 saturated heterocycles. The van der Waals surface area contributed by atoms with Gasteiger partial charge in [-0.3, -0.25) is 9.59 Å². The Kier molecular flexibility index (Phi) is 5.60. The summed E-state index contributed by atoms with van der Waals surface area (Å²) in [6.07, 6.45) is 1.17. The molecule has 1 N–H and O–H groups in total. The van der Waals surface area contributed by atoms with Crippen molar-refractivity contribution in [2.75, 3.05) is 11.5 Å². The molecule has 0 radical (unpaired) electrons. The van der Waals surface area contributed by atoms with E-state index in [1.807, 2.05) is 24.3 Å². The van der Waals surface area contributed by atoms with Gasteiger partial charge in [-0.15, -0.1) is 11.8 Å². The number of hydrogen-bond acceptors (Lipinski definition) is 4. The van der Waals surface area contributed by atoms with Gasteiger partial charge in [-0.1, -0.05) is 23.4 Å². The largest absolute Gasteiger partial charge is 0.345 e. The van der Waals surface area contributed by atoms with Gasteiger partial charge in [-0.25, -0.2) is 0 Å². The Labute approximate surface area is 125 Å². The van der Waals surface area contributed by atoms with Gasteiger partial charge in [0.25, 0.3) is 0 Å². The molecule has 3 nitrogen and oxygen atoms in total. The quantitative estimate of drug-likeness (QED) is 0.849. The standard InChI is InChI=1S/C13H14ClNO2S2/c14-9-1-3-10(4-2-9)18-8-6-12(16)15-11-5-7-19-13(11)17/h1-4,11H,5-8H2,(H,15,16). The van der Waals surface area contributed by atoms with E-state index in [1.165, 1.54) is 11.8 Å². The number of nitrogens with one attached hydrogen (secondary N) is 1. The maximum atomic E-state index is 11.7. The molecule has 2 rings (SSSR count). The number of rotatable bonds is 5. The number of benzene rings is 1. The second-order valence-corrected chi connectivity index (χ2v) is 6.83. The van der Waals surface area contributed by atoms with Crippen LogP contribution in [0.25, 0.3) is 0 Å². The monoisotopic (exact) mass is 315 g/mol. The molecule has 0 spiro atoms. The summed E-state index contributed by atoms with van der Waals surface area (Å²) in [6, 6.07) is 7.25. The fraction of sp³-hybridized carbons (Fsp3) is 0.385. The topological polar surface area (TPSA) is 46.2 Å². The van der Waals surface area contributed by atoms with Gasteiger partial charge < -0.3 is 5.32 Å². The van der Waals surface area contributed by atoms with Crippen molar-refractivity contribution in [3.05, 3.63) is 29.3 Å². The zero-order valence-electron chi connectivity index (χ0n) is 10.2. The van der Waals surface area contributed by atoms with E-state index in [-0.39, 0.29) is 17.1 Å². The zero-order chi connectivity index (χ0) is 13.7. The first kappa shape index (κ1) is 14.8. The third kappa shape index (κ3) is 4.75. The molecule has 0 saturated carbocycles. The molecular formula is C13H14ClNO2S2. The smallest absolute Gasteiger partial charge is 0.221 e. The minimum Gasteiger partial charge on any atom is -0.345 e. The highest BCUT2D eigenvalue weighted by Gasteiger charge is 2.26. The predicted molar refractivity (Wildman–Crippen MR) is 80.8 cm³/mol. The number of amides is 1. The second-order valence-electron chi connectivity index (χ2n) is 4.13. The van der Waals surface area contributed by atoms with E-state index in [4.69, 9.17) is 11.6 Å². The molecule has 1 aliphatic heterocycles. The molecule has 6 heteroatoms. The van der Waals surface area contributed by atoms with E-state index in [0.717, 1.165) is 17.1 Å². The van der Waals surface area contributed by atoms with Crippen LogP contribution in [0.15, 0.2) is 29.2 Å². The van der Waals surface area contributed by atoms with E-state index in [2.05, 4.69) is 5.32 Å². The molecular weight excluding hydrogens is 302 g/mol. The maximum Gasteiger partial charge on any atom is 0.221 e. The Morgan fingerprint density at radius 2 is 2.16 bits per heavy atom. The average molecular weight is 316 g/mol. The van der Waals surface area contributed by atoms with Gasteiger partial charge in [0.1, 0.15) is 0 Å². The van der Waals surface area contributed by atoms with Crippen molar-refractivity contribution < 1.29 is 9.59 Å². The lowest BCUT2D eigenvalue weighted by molar-refractivity contribution is -0.124. The van der Waals surface area contributed by atoms with Crippen LogP contribution in [0.4, 0.5) is 0 Å². The molecule has 19 heavy (non-hydrogen) atoms. The van der Waals surface area contributed by atoms with Crippen LogP contribution >= 0.6 is 35.1 Å². The van der Waals surface area contributed by atoms with Gasteiger partial charge in [0.2, 0.25) is 11.0 Å². The van der Waals surface area contributed by atoms with Crippen molar-refractivity contribution >= 4 is 46.1 Å². The molecule has 0 aliphatic carbocycles. The lowest BCUT2D eigenvalue weighted by atomic mass is 10.2. The molecule has 1 aliphatic rings. The summed E-state index contributed by atoms with van der Waals surface area (Å²) in [5.74, 6) is 1.45. The number of carbonyl (C=O) groups excluding carboxylic acids is 2. The second kappa shape index (κ2) is 7.22. The van der Waals surface area contributed by atoms with Crippen molar-refractivity contribution in [2.24, 2.45) is 0 Å². The normalized spacial score (nSPS) is 18.6. The van der Waals surface area contributed by atoms with Crippen LogP contribution in [0.3, 0.4) is 0 Å². The van der Waals surface area contributed by atoms with Crippen molar-refractivity contribution in [3.8, 4) is 0 Å². The number of hydrogen-bond donors (Lipinski definition) is 1. The van der Waals surface area contributed by atoms with Crippen molar-refractivity contribution in [1.29, 1.82) is 0 Å². The molecule has 1 unspecified atom stereocenters. The highest BCUT2D eigenvalue weighted by molar-refractivity contribution is 8.14. The Morgan fingerprint density at radius 1 is 1.42 bits per heavy atom. The summed E-state index contributed by atoms with van der Waals surface area (Å²) >= 11 is 8.70. The first-order valence-electron chi connectivity index (χ1n) is 5.99. The van der Waals surface area contributed by atoms with E-state index in [1.54, 1.807) is 11.8 Å². The van der Waals surface area contributed by atoms with Crippen LogP contribution in [0, 0.1) is 0 Å². The van der Waals surface area contributed by atoms with E-state index in [0.29, 0.717) is 17.2 Å². The van der Waals surface area contributed by atoms with Crippen LogP contribution in [-0.4, -0.2) is 28.6 Å². The molecule has 1 aromatic carbocycles. The molecule has 102 valence electrons. The SMILES string of the molecule is O=C(CCSc1ccc(Cl)cc1)NC1CCSC1=O. The molecule has 1 fully saturated rings. The Morgan fingerprint density at radius 3 is 2.79 bits per heavy atom. The molecule has 1 aromatic rings. The minimum atomic E-state index is -0.280. The summed E-state index contributed by atoms with van der Waals surface area (Å²) in [5, 5.41) is 3.57. The summed E-state index contributed by atoms with van der Waals surface area (Å²) < 4.78 is 0. The highest BCUT2D eigenvalue weighted by Crippen LogP contribution is 2.22.